The van der Waals surface area contributed by atoms with Crippen LogP contribution in [-0.2, 0) is 24.2 Å². The fourth-order valence-corrected chi connectivity index (χ4v) is 4.51. The lowest BCUT2D eigenvalue weighted by Gasteiger charge is -2.18. The van der Waals surface area contributed by atoms with Crippen LogP contribution >= 0.6 is 0 Å². The summed E-state index contributed by atoms with van der Waals surface area (Å²) in [6.07, 6.45) is 4.53. The van der Waals surface area contributed by atoms with Crippen molar-refractivity contribution in [2.75, 3.05) is 23.8 Å². The highest BCUT2D eigenvalue weighted by Crippen LogP contribution is 2.36. The van der Waals surface area contributed by atoms with E-state index in [1.807, 2.05) is 42.2 Å². The first-order valence-corrected chi connectivity index (χ1v) is 10.7. The van der Waals surface area contributed by atoms with Crippen molar-refractivity contribution in [2.45, 2.75) is 26.3 Å². The lowest BCUT2D eigenvalue weighted by Crippen LogP contribution is -2.30. The number of hydrogen-bond donors (Lipinski definition) is 2. The van der Waals surface area contributed by atoms with Crippen molar-refractivity contribution in [3.05, 3.63) is 71.5 Å². The maximum Gasteiger partial charge on any atom is 0.231 e. The molecule has 7 heteroatoms. The molecule has 2 aromatic heterocycles. The summed E-state index contributed by atoms with van der Waals surface area (Å²) < 4.78 is 1.74. The Morgan fingerprint density at radius 1 is 1.19 bits per heavy atom. The molecule has 0 bridgehead atoms. The summed E-state index contributed by atoms with van der Waals surface area (Å²) in [6.45, 7) is 3.06. The zero-order valence-corrected chi connectivity index (χ0v) is 18.0. The largest absolute Gasteiger partial charge is 0.397 e. The Hall–Kier alpha value is -3.71. The molecule has 5 rings (SSSR count). The standard InChI is InChI=1S/C25H25N5O2/c1-16-3-2-4-17(11-16)12-23(32)29-8-7-18-13-19(5-6-21(18)29)25-24-20(26)14-27-15-22(24)30(28-25)9-10-31/h2-6,11,13-15,31H,7-10,12,26H2,1H3. The van der Waals surface area contributed by atoms with Gasteiger partial charge in [0.2, 0.25) is 5.91 Å². The van der Waals surface area contributed by atoms with E-state index in [4.69, 9.17) is 10.8 Å². The fraction of sp³-hybridized carbons (Fsp3) is 0.240. The third-order valence-corrected chi connectivity index (χ3v) is 5.99. The van der Waals surface area contributed by atoms with Gasteiger partial charge in [0, 0.05) is 17.8 Å². The number of amides is 1. The number of nitrogen functional groups attached to an aromatic ring is 1. The van der Waals surface area contributed by atoms with Gasteiger partial charge in [-0.2, -0.15) is 5.10 Å². The number of hydrogen-bond acceptors (Lipinski definition) is 5. The molecule has 7 nitrogen and oxygen atoms in total. The molecule has 0 aliphatic carbocycles. The average Bonchev–Trinajstić information content (AvgIpc) is 3.36. The minimum Gasteiger partial charge on any atom is -0.397 e. The molecule has 3 N–H and O–H groups in total. The molecule has 1 aliphatic rings. The van der Waals surface area contributed by atoms with E-state index in [0.717, 1.165) is 51.0 Å². The van der Waals surface area contributed by atoms with Crippen LogP contribution in [-0.4, -0.2) is 38.9 Å². The Morgan fingerprint density at radius 3 is 2.88 bits per heavy atom. The first-order valence-electron chi connectivity index (χ1n) is 10.7. The van der Waals surface area contributed by atoms with Crippen LogP contribution in [0.3, 0.4) is 0 Å². The molecular weight excluding hydrogens is 402 g/mol. The number of benzene rings is 2. The van der Waals surface area contributed by atoms with E-state index in [9.17, 15) is 9.90 Å². The van der Waals surface area contributed by atoms with Crippen molar-refractivity contribution in [3.63, 3.8) is 0 Å². The van der Waals surface area contributed by atoms with Gasteiger partial charge in [-0.1, -0.05) is 35.9 Å². The van der Waals surface area contributed by atoms with E-state index in [1.54, 1.807) is 17.1 Å². The number of nitrogens with zero attached hydrogens (tertiary/aromatic N) is 4. The van der Waals surface area contributed by atoms with Crippen molar-refractivity contribution in [3.8, 4) is 11.3 Å². The number of rotatable bonds is 5. The summed E-state index contributed by atoms with van der Waals surface area (Å²) >= 11 is 0. The van der Waals surface area contributed by atoms with E-state index in [2.05, 4.69) is 17.1 Å². The molecule has 0 saturated carbocycles. The van der Waals surface area contributed by atoms with Crippen molar-refractivity contribution in [2.24, 2.45) is 0 Å². The van der Waals surface area contributed by atoms with Gasteiger partial charge in [-0.15, -0.1) is 0 Å². The summed E-state index contributed by atoms with van der Waals surface area (Å²) in [5, 5.41) is 14.9. The molecule has 32 heavy (non-hydrogen) atoms. The van der Waals surface area contributed by atoms with Crippen LogP contribution in [0.5, 0.6) is 0 Å². The molecule has 3 heterocycles. The van der Waals surface area contributed by atoms with Gasteiger partial charge in [0.15, 0.2) is 0 Å². The molecule has 0 atom stereocenters. The Morgan fingerprint density at radius 2 is 2.06 bits per heavy atom. The first kappa shape index (κ1) is 20.2. The Labute approximate surface area is 186 Å². The quantitative estimate of drug-likeness (QED) is 0.510. The average molecular weight is 428 g/mol. The minimum atomic E-state index is -0.0206. The number of pyridine rings is 1. The number of aliphatic hydroxyl groups excluding tert-OH is 1. The zero-order valence-electron chi connectivity index (χ0n) is 18.0. The number of carbonyl (C=O) groups is 1. The van der Waals surface area contributed by atoms with Crippen LogP contribution in [0.15, 0.2) is 54.9 Å². The van der Waals surface area contributed by atoms with E-state index in [-0.39, 0.29) is 12.5 Å². The Bertz CT molecular complexity index is 1330. The van der Waals surface area contributed by atoms with Crippen LogP contribution < -0.4 is 10.6 Å². The molecule has 1 aliphatic heterocycles. The zero-order chi connectivity index (χ0) is 22.2. The molecule has 0 fully saturated rings. The number of aromatic nitrogens is 3. The van der Waals surface area contributed by atoms with Gasteiger partial charge in [0.25, 0.3) is 0 Å². The molecule has 2 aromatic carbocycles. The van der Waals surface area contributed by atoms with Crippen LogP contribution in [0.4, 0.5) is 11.4 Å². The van der Waals surface area contributed by atoms with Crippen LogP contribution in [0, 0.1) is 6.92 Å². The van der Waals surface area contributed by atoms with Crippen LogP contribution in [0.2, 0.25) is 0 Å². The van der Waals surface area contributed by atoms with Crippen molar-refractivity contribution in [1.29, 1.82) is 0 Å². The number of anilines is 2. The number of nitrogens with two attached hydrogens (primary N) is 1. The van der Waals surface area contributed by atoms with E-state index < -0.39 is 0 Å². The normalized spacial score (nSPS) is 13.0. The third-order valence-electron chi connectivity index (χ3n) is 5.99. The highest BCUT2D eigenvalue weighted by atomic mass is 16.3. The lowest BCUT2D eigenvalue weighted by molar-refractivity contribution is -0.117. The molecule has 0 radical (unpaired) electrons. The van der Waals surface area contributed by atoms with Gasteiger partial charge in [0.1, 0.15) is 5.69 Å². The fourth-order valence-electron chi connectivity index (χ4n) is 4.51. The van der Waals surface area contributed by atoms with E-state index >= 15 is 0 Å². The second-order valence-corrected chi connectivity index (χ2v) is 8.22. The second-order valence-electron chi connectivity index (χ2n) is 8.22. The molecule has 1 amide bonds. The van der Waals surface area contributed by atoms with Gasteiger partial charge in [0.05, 0.1) is 48.6 Å². The van der Waals surface area contributed by atoms with E-state index in [1.165, 1.54) is 0 Å². The summed E-state index contributed by atoms with van der Waals surface area (Å²) in [5.74, 6) is 0.107. The molecule has 162 valence electrons. The van der Waals surface area contributed by atoms with Crippen molar-refractivity contribution >= 4 is 28.2 Å². The van der Waals surface area contributed by atoms with Crippen molar-refractivity contribution in [1.82, 2.24) is 14.8 Å². The number of carbonyl (C=O) groups excluding carboxylic acids is 1. The highest BCUT2D eigenvalue weighted by molar-refractivity contribution is 6.02. The van der Waals surface area contributed by atoms with Crippen molar-refractivity contribution < 1.29 is 9.90 Å². The Balaban J connectivity index is 1.47. The summed E-state index contributed by atoms with van der Waals surface area (Å²) in [6, 6.07) is 14.2. The van der Waals surface area contributed by atoms with Gasteiger partial charge >= 0.3 is 0 Å². The minimum absolute atomic E-state index is 0.0206. The first-order chi connectivity index (χ1) is 15.5. The second kappa shape index (κ2) is 8.09. The predicted octanol–water partition coefficient (Wildman–Crippen LogP) is 3.11. The Kier molecular flexibility index (Phi) is 5.11. The van der Waals surface area contributed by atoms with Crippen LogP contribution in [0.25, 0.3) is 22.2 Å². The molecule has 0 unspecified atom stereocenters. The van der Waals surface area contributed by atoms with Gasteiger partial charge in [-0.25, -0.2) is 0 Å². The smallest absolute Gasteiger partial charge is 0.231 e. The van der Waals surface area contributed by atoms with Gasteiger partial charge in [-0.3, -0.25) is 14.5 Å². The molecule has 0 saturated heterocycles. The molecule has 0 spiro atoms. The summed E-state index contributed by atoms with van der Waals surface area (Å²) in [5.41, 5.74) is 13.6. The van der Waals surface area contributed by atoms with E-state index in [0.29, 0.717) is 25.2 Å². The van der Waals surface area contributed by atoms with Gasteiger partial charge in [-0.05, 0) is 36.6 Å². The number of fused-ring (bicyclic) bond motifs is 2. The number of aliphatic hydroxyl groups is 1. The lowest BCUT2D eigenvalue weighted by atomic mass is 10.0. The predicted molar refractivity (Wildman–Crippen MR) is 125 cm³/mol. The van der Waals surface area contributed by atoms with Crippen LogP contribution in [0.1, 0.15) is 16.7 Å². The van der Waals surface area contributed by atoms with Gasteiger partial charge < -0.3 is 15.7 Å². The summed E-state index contributed by atoms with van der Waals surface area (Å²) in [4.78, 5) is 19.1. The maximum absolute atomic E-state index is 13.0. The maximum atomic E-state index is 13.0. The monoisotopic (exact) mass is 427 g/mol. The molecular formula is C25H25N5O2. The summed E-state index contributed by atoms with van der Waals surface area (Å²) in [7, 11) is 0. The number of aryl methyl sites for hydroxylation is 1. The highest BCUT2D eigenvalue weighted by Gasteiger charge is 2.26. The SMILES string of the molecule is Cc1cccc(CC(=O)N2CCc3cc(-c4nn(CCO)c5cncc(N)c45)ccc32)c1. The topological polar surface area (TPSA) is 97.3 Å². The third kappa shape index (κ3) is 3.50. The molecule has 4 aromatic rings.